The van der Waals surface area contributed by atoms with Crippen LogP contribution in [0.1, 0.15) is 29.0 Å². The summed E-state index contributed by atoms with van der Waals surface area (Å²) in [5.41, 5.74) is 0. The van der Waals surface area contributed by atoms with E-state index in [1.54, 1.807) is 22.7 Å². The smallest absolute Gasteiger partial charge is 0.226 e. The van der Waals surface area contributed by atoms with Crippen LogP contribution in [0.2, 0.25) is 0 Å². The molecule has 3 rings (SSSR count). The van der Waals surface area contributed by atoms with E-state index in [0.29, 0.717) is 5.91 Å². The summed E-state index contributed by atoms with van der Waals surface area (Å²) in [5, 5.41) is 4.15. The first-order valence-corrected chi connectivity index (χ1v) is 9.07. The Bertz CT molecular complexity index is 550. The van der Waals surface area contributed by atoms with Crippen molar-refractivity contribution in [2.24, 2.45) is 5.92 Å². The maximum Gasteiger partial charge on any atom is 0.226 e. The van der Waals surface area contributed by atoms with Gasteiger partial charge in [-0.05, 0) is 42.2 Å². The molecule has 21 heavy (non-hydrogen) atoms. The van der Waals surface area contributed by atoms with Gasteiger partial charge in [0.25, 0.3) is 0 Å². The fourth-order valence-electron chi connectivity index (χ4n) is 2.67. The van der Waals surface area contributed by atoms with E-state index in [9.17, 15) is 4.79 Å². The van der Waals surface area contributed by atoms with Gasteiger partial charge in [0.05, 0.1) is 13.1 Å². The molecule has 4 heteroatoms. The molecule has 1 aliphatic carbocycles. The molecule has 110 valence electrons. The van der Waals surface area contributed by atoms with Crippen molar-refractivity contribution in [1.29, 1.82) is 0 Å². The van der Waals surface area contributed by atoms with Crippen LogP contribution in [0.25, 0.3) is 0 Å². The Hall–Kier alpha value is -1.39. The predicted molar refractivity (Wildman–Crippen MR) is 89.4 cm³/mol. The van der Waals surface area contributed by atoms with Crippen LogP contribution >= 0.6 is 22.7 Å². The molecule has 2 aromatic rings. The number of carbonyl (C=O) groups is 1. The molecule has 1 atom stereocenters. The lowest BCUT2D eigenvalue weighted by Gasteiger charge is -2.27. The number of carbonyl (C=O) groups excluding carboxylic acids is 1. The third-order valence-electron chi connectivity index (χ3n) is 3.78. The van der Waals surface area contributed by atoms with Crippen molar-refractivity contribution in [2.75, 3.05) is 0 Å². The van der Waals surface area contributed by atoms with Crippen LogP contribution in [0.15, 0.2) is 47.2 Å². The number of rotatable bonds is 5. The molecule has 0 aliphatic heterocycles. The van der Waals surface area contributed by atoms with Gasteiger partial charge in [-0.25, -0.2) is 0 Å². The van der Waals surface area contributed by atoms with Crippen LogP contribution in [0.3, 0.4) is 0 Å². The second-order valence-corrected chi connectivity index (χ2v) is 7.40. The highest BCUT2D eigenvalue weighted by Crippen LogP contribution is 2.24. The van der Waals surface area contributed by atoms with Crippen molar-refractivity contribution >= 4 is 28.6 Å². The van der Waals surface area contributed by atoms with Crippen molar-refractivity contribution < 1.29 is 4.79 Å². The molecule has 0 saturated carbocycles. The van der Waals surface area contributed by atoms with Gasteiger partial charge >= 0.3 is 0 Å². The van der Waals surface area contributed by atoms with Gasteiger partial charge in [0.1, 0.15) is 0 Å². The molecule has 0 spiro atoms. The SMILES string of the molecule is O=C(C1CC=CCC1)N(Cc1cccs1)Cc1cccs1. The standard InChI is InChI=1S/C17H19NOS2/c19-17(14-6-2-1-3-7-14)18(12-15-8-4-10-20-15)13-16-9-5-11-21-16/h1-2,4-5,8-11,14H,3,6-7,12-13H2. The van der Waals surface area contributed by atoms with E-state index in [2.05, 4.69) is 47.2 Å². The first kappa shape index (κ1) is 14.5. The fourth-order valence-corrected chi connectivity index (χ4v) is 4.11. The van der Waals surface area contributed by atoms with E-state index in [4.69, 9.17) is 0 Å². The van der Waals surface area contributed by atoms with E-state index in [1.165, 1.54) is 9.75 Å². The van der Waals surface area contributed by atoms with Crippen LogP contribution in [-0.2, 0) is 17.9 Å². The third kappa shape index (κ3) is 3.83. The van der Waals surface area contributed by atoms with Crippen molar-refractivity contribution in [3.05, 3.63) is 56.9 Å². The van der Waals surface area contributed by atoms with Crippen LogP contribution in [0.5, 0.6) is 0 Å². The van der Waals surface area contributed by atoms with E-state index in [-0.39, 0.29) is 5.92 Å². The van der Waals surface area contributed by atoms with E-state index >= 15 is 0 Å². The summed E-state index contributed by atoms with van der Waals surface area (Å²) in [6.45, 7) is 1.46. The fraction of sp³-hybridized carbons (Fsp3) is 0.353. The second-order valence-electron chi connectivity index (χ2n) is 5.33. The lowest BCUT2D eigenvalue weighted by atomic mass is 9.93. The maximum absolute atomic E-state index is 12.9. The van der Waals surface area contributed by atoms with Crippen LogP contribution < -0.4 is 0 Å². The van der Waals surface area contributed by atoms with Gasteiger partial charge in [-0.2, -0.15) is 0 Å². The zero-order chi connectivity index (χ0) is 14.5. The monoisotopic (exact) mass is 317 g/mol. The molecule has 0 bridgehead atoms. The van der Waals surface area contributed by atoms with Crippen LogP contribution in [0.4, 0.5) is 0 Å². The molecule has 1 aliphatic rings. The van der Waals surface area contributed by atoms with Crippen molar-refractivity contribution in [2.45, 2.75) is 32.4 Å². The zero-order valence-electron chi connectivity index (χ0n) is 11.9. The van der Waals surface area contributed by atoms with Gasteiger partial charge in [-0.3, -0.25) is 4.79 Å². The van der Waals surface area contributed by atoms with E-state index in [0.717, 1.165) is 32.4 Å². The summed E-state index contributed by atoms with van der Waals surface area (Å²) in [6, 6.07) is 8.33. The lowest BCUT2D eigenvalue weighted by Crippen LogP contribution is -2.35. The number of thiophene rings is 2. The van der Waals surface area contributed by atoms with Gasteiger partial charge in [0.15, 0.2) is 0 Å². The molecule has 0 fully saturated rings. The summed E-state index contributed by atoms with van der Waals surface area (Å²) in [6.07, 6.45) is 7.25. The van der Waals surface area contributed by atoms with E-state index < -0.39 is 0 Å². The Kier molecular flexibility index (Phi) is 4.88. The Morgan fingerprint density at radius 2 is 1.76 bits per heavy atom. The minimum absolute atomic E-state index is 0.162. The third-order valence-corrected chi connectivity index (χ3v) is 5.51. The number of allylic oxidation sites excluding steroid dienone is 2. The molecule has 0 saturated heterocycles. The quantitative estimate of drug-likeness (QED) is 0.732. The Morgan fingerprint density at radius 1 is 1.10 bits per heavy atom. The minimum atomic E-state index is 0.162. The summed E-state index contributed by atoms with van der Waals surface area (Å²) in [5.74, 6) is 0.469. The van der Waals surface area contributed by atoms with Crippen molar-refractivity contribution in [1.82, 2.24) is 4.90 Å². The lowest BCUT2D eigenvalue weighted by molar-refractivity contribution is -0.137. The van der Waals surface area contributed by atoms with Gasteiger partial charge in [0, 0.05) is 15.7 Å². The number of hydrogen-bond acceptors (Lipinski definition) is 3. The molecule has 0 aromatic carbocycles. The molecule has 2 aromatic heterocycles. The molecular formula is C17H19NOS2. The minimum Gasteiger partial charge on any atom is -0.332 e. The maximum atomic E-state index is 12.9. The molecule has 0 radical (unpaired) electrons. The largest absolute Gasteiger partial charge is 0.332 e. The first-order chi connectivity index (χ1) is 10.3. The highest BCUT2D eigenvalue weighted by atomic mass is 32.1. The summed E-state index contributed by atoms with van der Waals surface area (Å²) >= 11 is 3.45. The Balaban J connectivity index is 1.73. The topological polar surface area (TPSA) is 20.3 Å². The summed E-state index contributed by atoms with van der Waals surface area (Å²) in [7, 11) is 0. The molecular weight excluding hydrogens is 298 g/mol. The van der Waals surface area contributed by atoms with E-state index in [1.807, 2.05) is 4.90 Å². The van der Waals surface area contributed by atoms with Crippen molar-refractivity contribution in [3.8, 4) is 0 Å². The molecule has 0 N–H and O–H groups in total. The average Bonchev–Trinajstić information content (AvgIpc) is 3.20. The Morgan fingerprint density at radius 3 is 2.24 bits per heavy atom. The molecule has 1 amide bonds. The van der Waals surface area contributed by atoms with Crippen LogP contribution in [0, 0.1) is 5.92 Å². The summed E-state index contributed by atoms with van der Waals surface area (Å²) < 4.78 is 0. The average molecular weight is 317 g/mol. The summed E-state index contributed by atoms with van der Waals surface area (Å²) in [4.78, 5) is 17.4. The first-order valence-electron chi connectivity index (χ1n) is 7.31. The number of amides is 1. The second kappa shape index (κ2) is 7.05. The highest BCUT2D eigenvalue weighted by molar-refractivity contribution is 7.10. The molecule has 1 unspecified atom stereocenters. The van der Waals surface area contributed by atoms with Gasteiger partial charge in [-0.15, -0.1) is 22.7 Å². The molecule has 2 nitrogen and oxygen atoms in total. The van der Waals surface area contributed by atoms with Gasteiger partial charge in [-0.1, -0.05) is 24.3 Å². The van der Waals surface area contributed by atoms with Gasteiger partial charge < -0.3 is 4.90 Å². The van der Waals surface area contributed by atoms with Crippen molar-refractivity contribution in [3.63, 3.8) is 0 Å². The number of hydrogen-bond donors (Lipinski definition) is 0. The van der Waals surface area contributed by atoms with Gasteiger partial charge in [0.2, 0.25) is 5.91 Å². The number of nitrogens with zero attached hydrogens (tertiary/aromatic N) is 1. The Labute approximate surface area is 133 Å². The highest BCUT2D eigenvalue weighted by Gasteiger charge is 2.25. The normalized spacial score (nSPS) is 17.8. The zero-order valence-corrected chi connectivity index (χ0v) is 13.5. The van der Waals surface area contributed by atoms with Crippen LogP contribution in [-0.4, -0.2) is 10.8 Å². The predicted octanol–water partition coefficient (Wildman–Crippen LogP) is 4.69. The molecule has 2 heterocycles.